The van der Waals surface area contributed by atoms with Gasteiger partial charge in [0.15, 0.2) is 20.8 Å². The van der Waals surface area contributed by atoms with Gasteiger partial charge in [0.1, 0.15) is 0 Å². The van der Waals surface area contributed by atoms with Crippen molar-refractivity contribution >= 4 is 27.4 Å². The van der Waals surface area contributed by atoms with Crippen molar-refractivity contribution in [2.24, 2.45) is 0 Å². The largest absolute Gasteiger partial charge is 0.344 e. The van der Waals surface area contributed by atoms with Gasteiger partial charge in [0.05, 0.1) is 17.3 Å². The number of nitrogens with zero attached hydrogens (tertiary/aromatic N) is 3. The molecule has 6 nitrogen and oxygen atoms in total. The summed E-state index contributed by atoms with van der Waals surface area (Å²) in [5.41, 5.74) is 2.42. The number of aryl methyl sites for hydroxylation is 1. The summed E-state index contributed by atoms with van der Waals surface area (Å²) in [5.74, 6) is 0.646. The van der Waals surface area contributed by atoms with E-state index in [0.717, 1.165) is 11.4 Å². The molecule has 1 fully saturated rings. The summed E-state index contributed by atoms with van der Waals surface area (Å²) in [4.78, 5) is 20.7. The van der Waals surface area contributed by atoms with Gasteiger partial charge in [-0.1, -0.05) is 11.8 Å². The minimum Gasteiger partial charge on any atom is -0.344 e. The lowest BCUT2D eigenvalue weighted by molar-refractivity contribution is 0.102. The van der Waals surface area contributed by atoms with Crippen LogP contribution < -0.4 is 0 Å². The Hall–Kier alpha value is -1.67. The molecule has 0 aromatic carbocycles. The third kappa shape index (κ3) is 3.54. The molecule has 0 N–H and O–H groups in total. The number of carbonyl (C=O) groups excluding carboxylic acids is 1. The van der Waals surface area contributed by atoms with Crippen LogP contribution >= 0.6 is 11.8 Å². The first-order valence-corrected chi connectivity index (χ1v) is 10.5. The van der Waals surface area contributed by atoms with Crippen LogP contribution in [0.15, 0.2) is 29.7 Å². The van der Waals surface area contributed by atoms with Gasteiger partial charge in [-0.3, -0.25) is 4.79 Å². The van der Waals surface area contributed by atoms with Crippen LogP contribution in [-0.2, 0) is 9.84 Å². The molecule has 8 heteroatoms. The molecule has 2 aromatic rings. The minimum atomic E-state index is -2.96. The predicted octanol–water partition coefficient (Wildman–Crippen LogP) is 2.23. The van der Waals surface area contributed by atoms with E-state index in [1.807, 2.05) is 24.5 Å². The molecule has 1 saturated heterocycles. The predicted molar refractivity (Wildman–Crippen MR) is 93.3 cm³/mol. The Balaban J connectivity index is 1.77. The third-order valence-electron chi connectivity index (χ3n) is 4.23. The molecule has 0 unspecified atom stereocenters. The minimum absolute atomic E-state index is 0.00709. The number of Topliss-reactive ketones (excluding diaryl/α,β-unsaturated/α-hetero) is 1. The third-order valence-corrected chi connectivity index (χ3v) is 6.86. The van der Waals surface area contributed by atoms with Crippen molar-refractivity contribution in [1.29, 1.82) is 0 Å². The number of rotatable bonds is 5. The summed E-state index contributed by atoms with van der Waals surface area (Å²) >= 11 is 1.30. The molecular formula is C16H19N3O3S2. The van der Waals surface area contributed by atoms with Crippen molar-refractivity contribution in [2.75, 3.05) is 17.3 Å². The summed E-state index contributed by atoms with van der Waals surface area (Å²) in [6.45, 7) is 3.80. The molecule has 0 aliphatic carbocycles. The summed E-state index contributed by atoms with van der Waals surface area (Å²) in [7, 11) is -2.96. The van der Waals surface area contributed by atoms with E-state index in [9.17, 15) is 13.2 Å². The van der Waals surface area contributed by atoms with Gasteiger partial charge in [0.2, 0.25) is 0 Å². The van der Waals surface area contributed by atoms with Gasteiger partial charge in [-0.05, 0) is 32.4 Å². The average molecular weight is 365 g/mol. The van der Waals surface area contributed by atoms with Gasteiger partial charge in [-0.15, -0.1) is 0 Å². The maximum atomic E-state index is 12.5. The van der Waals surface area contributed by atoms with Crippen molar-refractivity contribution in [1.82, 2.24) is 14.5 Å². The van der Waals surface area contributed by atoms with Crippen LogP contribution in [0.1, 0.15) is 34.2 Å². The maximum Gasteiger partial charge on any atom is 0.187 e. The lowest BCUT2D eigenvalue weighted by atomic mass is 10.2. The fourth-order valence-corrected chi connectivity index (χ4v) is 5.55. The summed E-state index contributed by atoms with van der Waals surface area (Å²) < 4.78 is 25.5. The first-order valence-electron chi connectivity index (χ1n) is 7.69. The highest BCUT2D eigenvalue weighted by atomic mass is 32.2. The summed E-state index contributed by atoms with van der Waals surface area (Å²) in [5, 5.41) is 0.571. The second-order valence-corrected chi connectivity index (χ2v) is 9.13. The van der Waals surface area contributed by atoms with Crippen LogP contribution in [0.25, 0.3) is 0 Å². The van der Waals surface area contributed by atoms with Crippen LogP contribution in [0.4, 0.5) is 0 Å². The first kappa shape index (κ1) is 17.2. The van der Waals surface area contributed by atoms with E-state index in [0.29, 0.717) is 17.1 Å². The number of ketones is 1. The maximum absolute atomic E-state index is 12.5. The molecule has 0 bridgehead atoms. The van der Waals surface area contributed by atoms with Crippen LogP contribution in [-0.4, -0.2) is 46.0 Å². The topological polar surface area (TPSA) is 81.9 Å². The second kappa shape index (κ2) is 6.68. The van der Waals surface area contributed by atoms with E-state index < -0.39 is 9.84 Å². The molecule has 1 atom stereocenters. The summed E-state index contributed by atoms with van der Waals surface area (Å²) in [6.07, 6.45) is 3.90. The molecular weight excluding hydrogens is 346 g/mol. The Kier molecular flexibility index (Phi) is 4.78. The zero-order valence-corrected chi connectivity index (χ0v) is 15.2. The molecule has 1 aliphatic heterocycles. The van der Waals surface area contributed by atoms with Crippen LogP contribution in [0.3, 0.4) is 0 Å². The fraction of sp³-hybridized carbons (Fsp3) is 0.438. The van der Waals surface area contributed by atoms with E-state index in [4.69, 9.17) is 0 Å². The molecule has 0 spiro atoms. The molecule has 3 heterocycles. The summed E-state index contributed by atoms with van der Waals surface area (Å²) in [6, 6.07) is 3.52. The highest BCUT2D eigenvalue weighted by Gasteiger charge is 2.31. The first-order chi connectivity index (χ1) is 11.4. The molecule has 0 radical (unpaired) electrons. The van der Waals surface area contributed by atoms with Crippen LogP contribution in [0.2, 0.25) is 0 Å². The second-order valence-electron chi connectivity index (χ2n) is 5.95. The molecule has 3 rings (SSSR count). The Morgan fingerprint density at radius 1 is 1.33 bits per heavy atom. The molecule has 128 valence electrons. The Morgan fingerprint density at radius 3 is 2.67 bits per heavy atom. The highest BCUT2D eigenvalue weighted by molar-refractivity contribution is 7.99. The number of hydrogen-bond acceptors (Lipinski definition) is 6. The molecule has 0 saturated carbocycles. The quantitative estimate of drug-likeness (QED) is 0.459. The number of sulfone groups is 1. The molecule has 2 aromatic heterocycles. The van der Waals surface area contributed by atoms with Crippen LogP contribution in [0.5, 0.6) is 0 Å². The lowest BCUT2D eigenvalue weighted by Gasteiger charge is -2.16. The van der Waals surface area contributed by atoms with E-state index in [2.05, 4.69) is 9.97 Å². The standard InChI is InChI=1S/C16H19N3O3S2/c1-11-8-14(15(20)9-23-16-17-5-3-6-18-16)12(2)19(11)13-4-7-24(21,22)10-13/h3,5-6,8,13H,4,7,9-10H2,1-2H3/t13-/m0/s1. The van der Waals surface area contributed by atoms with E-state index >= 15 is 0 Å². The average Bonchev–Trinajstić information content (AvgIpc) is 3.05. The SMILES string of the molecule is Cc1cc(C(=O)CSc2ncccn2)c(C)n1[C@H]1CCS(=O)(=O)C1. The van der Waals surface area contributed by atoms with Crippen molar-refractivity contribution in [2.45, 2.75) is 31.5 Å². The van der Waals surface area contributed by atoms with E-state index in [1.54, 1.807) is 18.5 Å². The monoisotopic (exact) mass is 365 g/mol. The van der Waals surface area contributed by atoms with Crippen LogP contribution in [0, 0.1) is 13.8 Å². The van der Waals surface area contributed by atoms with E-state index in [-0.39, 0.29) is 29.1 Å². The lowest BCUT2D eigenvalue weighted by Crippen LogP contribution is -2.14. The van der Waals surface area contributed by atoms with Gasteiger partial charge in [0, 0.05) is 35.4 Å². The Bertz CT molecular complexity index is 860. The van der Waals surface area contributed by atoms with Crippen molar-refractivity contribution in [3.63, 3.8) is 0 Å². The van der Waals surface area contributed by atoms with Crippen molar-refractivity contribution < 1.29 is 13.2 Å². The Labute approximate surface area is 145 Å². The van der Waals surface area contributed by atoms with Gasteiger partial charge in [-0.25, -0.2) is 18.4 Å². The number of thioether (sulfide) groups is 1. The van der Waals surface area contributed by atoms with Crippen molar-refractivity contribution in [3.8, 4) is 0 Å². The van der Waals surface area contributed by atoms with E-state index in [1.165, 1.54) is 11.8 Å². The molecule has 1 aliphatic rings. The van der Waals surface area contributed by atoms with Gasteiger partial charge in [-0.2, -0.15) is 0 Å². The van der Waals surface area contributed by atoms with Gasteiger partial charge >= 0.3 is 0 Å². The zero-order chi connectivity index (χ0) is 17.3. The number of aromatic nitrogens is 3. The fourth-order valence-electron chi connectivity index (χ4n) is 3.17. The number of hydrogen-bond donors (Lipinski definition) is 0. The van der Waals surface area contributed by atoms with Gasteiger partial charge < -0.3 is 4.57 Å². The highest BCUT2D eigenvalue weighted by Crippen LogP contribution is 2.29. The van der Waals surface area contributed by atoms with Crippen molar-refractivity contribution in [3.05, 3.63) is 41.5 Å². The van der Waals surface area contributed by atoms with Gasteiger partial charge in [0.25, 0.3) is 0 Å². The molecule has 24 heavy (non-hydrogen) atoms. The smallest absolute Gasteiger partial charge is 0.187 e. The zero-order valence-electron chi connectivity index (χ0n) is 13.6. The normalized spacial score (nSPS) is 19.5. The molecule has 0 amide bonds. The Morgan fingerprint density at radius 2 is 2.04 bits per heavy atom. The number of carbonyl (C=O) groups is 1.